The lowest BCUT2D eigenvalue weighted by molar-refractivity contribution is 0.0997. The van der Waals surface area contributed by atoms with Crippen molar-refractivity contribution in [1.29, 1.82) is 0 Å². The molecule has 1 amide bonds. The Kier molecular flexibility index (Phi) is 7.86. The molecule has 0 bridgehead atoms. The van der Waals surface area contributed by atoms with Gasteiger partial charge in [0.15, 0.2) is 4.80 Å². The van der Waals surface area contributed by atoms with Gasteiger partial charge in [0.2, 0.25) is 0 Å². The highest BCUT2D eigenvalue weighted by molar-refractivity contribution is 7.16. The highest BCUT2D eigenvalue weighted by Gasteiger charge is 2.10. The van der Waals surface area contributed by atoms with Gasteiger partial charge in [0.25, 0.3) is 5.91 Å². The molecule has 3 rings (SSSR count). The second-order valence-corrected chi connectivity index (χ2v) is 8.09. The maximum atomic E-state index is 12.8. The van der Waals surface area contributed by atoms with E-state index in [1.54, 1.807) is 19.2 Å². The fourth-order valence-corrected chi connectivity index (χ4v) is 4.27. The molecule has 0 spiro atoms. The molecule has 0 saturated carbocycles. The van der Waals surface area contributed by atoms with Crippen molar-refractivity contribution in [3.05, 3.63) is 57.9 Å². The Morgan fingerprint density at radius 1 is 1.17 bits per heavy atom. The number of amides is 1. The van der Waals surface area contributed by atoms with Gasteiger partial charge in [-0.25, -0.2) is 0 Å². The summed E-state index contributed by atoms with van der Waals surface area (Å²) in [5, 5.41) is 0.656. The van der Waals surface area contributed by atoms with Crippen LogP contribution in [0.3, 0.4) is 0 Å². The summed E-state index contributed by atoms with van der Waals surface area (Å²) < 4.78 is 13.9. The normalized spacial score (nSPS) is 11.9. The molecule has 7 heteroatoms. The van der Waals surface area contributed by atoms with E-state index in [0.717, 1.165) is 29.5 Å². The van der Waals surface area contributed by atoms with Crippen molar-refractivity contribution in [2.75, 3.05) is 20.3 Å². The van der Waals surface area contributed by atoms with Gasteiger partial charge in [0.1, 0.15) is 5.75 Å². The SMILES string of the molecule is CCCCCOc1cccc(C(=O)N=c2sc3cc(Cl)ccc3n2CCOC)c1. The molecule has 0 aliphatic rings. The first kappa shape index (κ1) is 21.6. The van der Waals surface area contributed by atoms with Crippen LogP contribution in [0.25, 0.3) is 10.2 Å². The summed E-state index contributed by atoms with van der Waals surface area (Å²) in [6.45, 7) is 3.93. The predicted octanol–water partition coefficient (Wildman–Crippen LogP) is 5.31. The average Bonchev–Trinajstić information content (AvgIpc) is 3.05. The Morgan fingerprint density at radius 3 is 2.83 bits per heavy atom. The maximum absolute atomic E-state index is 12.8. The molecule has 0 saturated heterocycles. The summed E-state index contributed by atoms with van der Waals surface area (Å²) in [7, 11) is 1.65. The van der Waals surface area contributed by atoms with Gasteiger partial charge < -0.3 is 14.0 Å². The first-order chi connectivity index (χ1) is 14.1. The Hall–Kier alpha value is -2.15. The van der Waals surface area contributed by atoms with E-state index in [0.29, 0.717) is 40.9 Å². The summed E-state index contributed by atoms with van der Waals surface area (Å²) >= 11 is 7.57. The van der Waals surface area contributed by atoms with Gasteiger partial charge in [-0.05, 0) is 42.8 Å². The van der Waals surface area contributed by atoms with Crippen LogP contribution in [-0.2, 0) is 11.3 Å². The van der Waals surface area contributed by atoms with Gasteiger partial charge in [-0.15, -0.1) is 0 Å². The Labute approximate surface area is 179 Å². The number of aromatic nitrogens is 1. The maximum Gasteiger partial charge on any atom is 0.279 e. The molecule has 0 aliphatic carbocycles. The molecular formula is C22H25ClN2O3S. The van der Waals surface area contributed by atoms with E-state index in [1.807, 2.05) is 34.9 Å². The van der Waals surface area contributed by atoms with Crippen molar-refractivity contribution in [3.63, 3.8) is 0 Å². The van der Waals surface area contributed by atoms with Crippen molar-refractivity contribution in [2.45, 2.75) is 32.7 Å². The summed E-state index contributed by atoms with van der Waals surface area (Å²) in [4.78, 5) is 17.8. The molecular weight excluding hydrogens is 408 g/mol. The lowest BCUT2D eigenvalue weighted by atomic mass is 10.2. The van der Waals surface area contributed by atoms with Gasteiger partial charge in [-0.3, -0.25) is 4.79 Å². The van der Waals surface area contributed by atoms with Crippen LogP contribution in [0.1, 0.15) is 36.5 Å². The minimum Gasteiger partial charge on any atom is -0.494 e. The highest BCUT2D eigenvalue weighted by Crippen LogP contribution is 2.22. The molecule has 0 fully saturated rings. The van der Waals surface area contributed by atoms with Gasteiger partial charge in [0, 0.05) is 24.2 Å². The van der Waals surface area contributed by atoms with Gasteiger partial charge in [-0.2, -0.15) is 4.99 Å². The third-order valence-corrected chi connectivity index (χ3v) is 5.73. The summed E-state index contributed by atoms with van der Waals surface area (Å²) in [5.74, 6) is 0.394. The van der Waals surface area contributed by atoms with Crippen molar-refractivity contribution in [1.82, 2.24) is 4.57 Å². The van der Waals surface area contributed by atoms with Gasteiger partial charge >= 0.3 is 0 Å². The van der Waals surface area contributed by atoms with Gasteiger partial charge in [-0.1, -0.05) is 48.8 Å². The molecule has 0 aliphatic heterocycles. The number of carbonyl (C=O) groups excluding carboxylic acids is 1. The zero-order valence-electron chi connectivity index (χ0n) is 16.7. The number of carbonyl (C=O) groups is 1. The van der Waals surface area contributed by atoms with E-state index in [-0.39, 0.29) is 5.91 Å². The molecule has 29 heavy (non-hydrogen) atoms. The van der Waals surface area contributed by atoms with Crippen LogP contribution in [0.4, 0.5) is 0 Å². The number of benzene rings is 2. The van der Waals surface area contributed by atoms with Crippen LogP contribution >= 0.6 is 22.9 Å². The lowest BCUT2D eigenvalue weighted by Gasteiger charge is -2.06. The van der Waals surface area contributed by atoms with Gasteiger partial charge in [0.05, 0.1) is 23.4 Å². The molecule has 1 heterocycles. The van der Waals surface area contributed by atoms with Crippen molar-refractivity contribution >= 4 is 39.1 Å². The van der Waals surface area contributed by atoms with E-state index in [9.17, 15) is 4.79 Å². The number of fused-ring (bicyclic) bond motifs is 1. The number of hydrogen-bond donors (Lipinski definition) is 0. The number of methoxy groups -OCH3 is 1. The molecule has 5 nitrogen and oxygen atoms in total. The first-order valence-electron chi connectivity index (χ1n) is 9.72. The standard InChI is InChI=1S/C22H25ClN2O3S/c1-3-4-5-12-28-18-8-6-7-16(14-18)21(26)24-22-25(11-13-27-2)19-10-9-17(23)15-20(19)29-22/h6-10,14-15H,3-5,11-13H2,1-2H3. The van der Waals surface area contributed by atoms with Crippen molar-refractivity contribution < 1.29 is 14.3 Å². The Morgan fingerprint density at radius 2 is 2.03 bits per heavy atom. The minimum absolute atomic E-state index is 0.298. The molecule has 0 radical (unpaired) electrons. The predicted molar refractivity (Wildman–Crippen MR) is 118 cm³/mol. The third-order valence-electron chi connectivity index (χ3n) is 4.46. The highest BCUT2D eigenvalue weighted by atomic mass is 35.5. The van der Waals surface area contributed by atoms with Crippen LogP contribution in [0.5, 0.6) is 5.75 Å². The van der Waals surface area contributed by atoms with Crippen LogP contribution in [0.15, 0.2) is 47.5 Å². The number of thiazole rings is 1. The molecule has 0 unspecified atom stereocenters. The Bertz CT molecular complexity index is 1040. The molecule has 0 N–H and O–H groups in total. The van der Waals surface area contributed by atoms with Crippen LogP contribution in [0, 0.1) is 0 Å². The number of unbranched alkanes of at least 4 members (excludes halogenated alkanes) is 2. The lowest BCUT2D eigenvalue weighted by Crippen LogP contribution is -2.19. The molecule has 2 aromatic carbocycles. The number of halogens is 1. The van der Waals surface area contributed by atoms with Crippen LogP contribution < -0.4 is 9.54 Å². The van der Waals surface area contributed by atoms with E-state index in [1.165, 1.54) is 11.3 Å². The van der Waals surface area contributed by atoms with Crippen molar-refractivity contribution in [3.8, 4) is 5.75 Å². The fraction of sp³-hybridized carbons (Fsp3) is 0.364. The number of ether oxygens (including phenoxy) is 2. The Balaban J connectivity index is 1.89. The second-order valence-electron chi connectivity index (χ2n) is 6.64. The molecule has 154 valence electrons. The zero-order chi connectivity index (χ0) is 20.6. The zero-order valence-corrected chi connectivity index (χ0v) is 18.3. The molecule has 1 aromatic heterocycles. The summed E-state index contributed by atoms with van der Waals surface area (Å²) in [6.07, 6.45) is 3.28. The number of hydrogen-bond acceptors (Lipinski definition) is 4. The third kappa shape index (κ3) is 5.69. The molecule has 0 atom stereocenters. The average molecular weight is 433 g/mol. The molecule has 3 aromatic rings. The smallest absolute Gasteiger partial charge is 0.279 e. The monoisotopic (exact) mass is 432 g/mol. The van der Waals surface area contributed by atoms with Crippen LogP contribution in [0.2, 0.25) is 5.02 Å². The number of nitrogens with zero attached hydrogens (tertiary/aromatic N) is 2. The quantitative estimate of drug-likeness (QED) is 0.430. The summed E-state index contributed by atoms with van der Waals surface area (Å²) in [5.41, 5.74) is 1.49. The fourth-order valence-electron chi connectivity index (χ4n) is 2.94. The van der Waals surface area contributed by atoms with E-state index in [2.05, 4.69) is 11.9 Å². The van der Waals surface area contributed by atoms with E-state index < -0.39 is 0 Å². The first-order valence-corrected chi connectivity index (χ1v) is 10.9. The van der Waals surface area contributed by atoms with Crippen molar-refractivity contribution in [2.24, 2.45) is 4.99 Å². The van der Waals surface area contributed by atoms with E-state index >= 15 is 0 Å². The number of rotatable bonds is 9. The van der Waals surface area contributed by atoms with Crippen LogP contribution in [-0.4, -0.2) is 30.8 Å². The topological polar surface area (TPSA) is 52.8 Å². The second kappa shape index (κ2) is 10.6. The summed E-state index contributed by atoms with van der Waals surface area (Å²) in [6, 6.07) is 12.9. The van der Waals surface area contributed by atoms with E-state index in [4.69, 9.17) is 21.1 Å². The minimum atomic E-state index is -0.298. The largest absolute Gasteiger partial charge is 0.494 e.